The van der Waals surface area contributed by atoms with E-state index in [0.29, 0.717) is 22.6 Å². The molecule has 174 valence electrons. The van der Waals surface area contributed by atoms with Crippen LogP contribution in [0.5, 0.6) is 5.75 Å². The highest BCUT2D eigenvalue weighted by atomic mass is 35.5. The minimum atomic E-state index is -1.58. The number of benzene rings is 3. The van der Waals surface area contributed by atoms with Gasteiger partial charge in [0.2, 0.25) is 0 Å². The SMILES string of the molecule is CC(c1ccccc1)[N+]([O-])(C(=O)O)N1CCc2c([nH]c3ccc(Cl)cc23)C1c1cccc(O)c1. The molecular weight excluding hydrogens is 454 g/mol. The van der Waals surface area contributed by atoms with Crippen LogP contribution in [-0.4, -0.2) is 37.6 Å². The molecule has 0 bridgehead atoms. The number of phenols is 1. The molecule has 3 N–H and O–H groups in total. The number of hydrogen-bond acceptors (Lipinski definition) is 4. The molecule has 5 rings (SSSR count). The number of carbonyl (C=O) groups is 1. The number of amides is 1. The van der Waals surface area contributed by atoms with Crippen LogP contribution in [-0.2, 0) is 6.42 Å². The number of nitrogens with one attached hydrogen (secondary N) is 1. The highest BCUT2D eigenvalue weighted by Gasteiger charge is 2.48. The molecule has 1 aromatic heterocycles. The first-order chi connectivity index (χ1) is 16.3. The largest absolute Gasteiger partial charge is 0.601 e. The van der Waals surface area contributed by atoms with Crippen molar-refractivity contribution in [3.63, 3.8) is 0 Å². The van der Waals surface area contributed by atoms with Crippen molar-refractivity contribution < 1.29 is 19.8 Å². The van der Waals surface area contributed by atoms with Crippen molar-refractivity contribution in [3.8, 4) is 5.75 Å². The summed E-state index contributed by atoms with van der Waals surface area (Å²) in [5.41, 5.74) is 3.83. The molecule has 0 fully saturated rings. The van der Waals surface area contributed by atoms with Gasteiger partial charge >= 0.3 is 6.09 Å². The zero-order chi connectivity index (χ0) is 24.0. The lowest BCUT2D eigenvalue weighted by molar-refractivity contribution is -0.960. The van der Waals surface area contributed by atoms with Crippen LogP contribution >= 0.6 is 11.6 Å². The Balaban J connectivity index is 1.72. The summed E-state index contributed by atoms with van der Waals surface area (Å²) in [4.78, 5) is 16.1. The van der Waals surface area contributed by atoms with Gasteiger partial charge in [0.25, 0.3) is 0 Å². The van der Waals surface area contributed by atoms with Gasteiger partial charge in [0.1, 0.15) is 17.8 Å². The van der Waals surface area contributed by atoms with Crippen LogP contribution in [0.25, 0.3) is 10.9 Å². The fourth-order valence-electron chi connectivity index (χ4n) is 5.03. The second-order valence-corrected chi connectivity index (χ2v) is 9.05. The van der Waals surface area contributed by atoms with Crippen molar-refractivity contribution in [2.45, 2.75) is 25.4 Å². The third-order valence-electron chi connectivity index (χ3n) is 6.71. The van der Waals surface area contributed by atoms with Crippen molar-refractivity contribution in [2.75, 3.05) is 6.54 Å². The van der Waals surface area contributed by atoms with Gasteiger partial charge in [0, 0.05) is 27.2 Å². The zero-order valence-electron chi connectivity index (χ0n) is 18.5. The highest BCUT2D eigenvalue weighted by Crippen LogP contribution is 2.45. The van der Waals surface area contributed by atoms with E-state index >= 15 is 0 Å². The van der Waals surface area contributed by atoms with Gasteiger partial charge in [-0.3, -0.25) is 0 Å². The molecule has 3 unspecified atom stereocenters. The third-order valence-corrected chi connectivity index (χ3v) is 6.95. The Labute approximate surface area is 201 Å². The zero-order valence-corrected chi connectivity index (χ0v) is 19.2. The molecule has 2 heterocycles. The van der Waals surface area contributed by atoms with Crippen molar-refractivity contribution in [3.05, 3.63) is 105 Å². The molecule has 1 aliphatic rings. The molecule has 0 saturated carbocycles. The molecule has 0 aliphatic carbocycles. The lowest BCUT2D eigenvalue weighted by atomic mass is 9.93. The van der Waals surface area contributed by atoms with E-state index in [1.165, 1.54) is 5.01 Å². The van der Waals surface area contributed by atoms with Crippen LogP contribution in [0, 0.1) is 5.21 Å². The predicted molar refractivity (Wildman–Crippen MR) is 130 cm³/mol. The van der Waals surface area contributed by atoms with Gasteiger partial charge in [0.15, 0.2) is 0 Å². The van der Waals surface area contributed by atoms with Crippen molar-refractivity contribution in [1.82, 2.24) is 9.99 Å². The van der Waals surface area contributed by atoms with E-state index in [9.17, 15) is 20.2 Å². The van der Waals surface area contributed by atoms with Gasteiger partial charge in [-0.25, -0.2) is 0 Å². The average Bonchev–Trinajstić information content (AvgIpc) is 3.20. The number of carboxylic acid groups (broad SMARTS) is 1. The molecule has 7 nitrogen and oxygen atoms in total. The second kappa shape index (κ2) is 8.45. The normalized spacial score (nSPS) is 18.9. The number of hydrogen-bond donors (Lipinski definition) is 3. The van der Waals surface area contributed by atoms with E-state index in [1.807, 2.05) is 18.2 Å². The molecule has 0 radical (unpaired) electrons. The van der Waals surface area contributed by atoms with E-state index in [4.69, 9.17) is 11.6 Å². The minimum absolute atomic E-state index is 0.0409. The number of hydroxylamine groups is 2. The van der Waals surface area contributed by atoms with Crippen molar-refractivity contribution in [2.24, 2.45) is 0 Å². The lowest BCUT2D eigenvalue weighted by Gasteiger charge is -2.52. The number of quaternary nitrogens is 1. The highest BCUT2D eigenvalue weighted by molar-refractivity contribution is 6.31. The lowest BCUT2D eigenvalue weighted by Crippen LogP contribution is -2.63. The summed E-state index contributed by atoms with van der Waals surface area (Å²) in [6.45, 7) is 1.84. The standard InChI is InChI=1S/C26H24ClN3O4/c1-16(17-6-3-2-4-7-17)30(34,26(32)33)29-13-12-21-22-15-19(27)10-11-23(22)28-24(21)25(29)18-8-5-9-20(31)14-18/h2-11,14-16,25,28,31H,12-13H2,1H3,(H,32,33). The summed E-state index contributed by atoms with van der Waals surface area (Å²) in [5.74, 6) is 0.0409. The van der Waals surface area contributed by atoms with Gasteiger partial charge in [-0.1, -0.05) is 54.1 Å². The first-order valence-electron chi connectivity index (χ1n) is 11.0. The number of H-pyrrole nitrogens is 1. The number of nitrogens with zero attached hydrogens (tertiary/aromatic N) is 2. The number of fused-ring (bicyclic) bond motifs is 3. The second-order valence-electron chi connectivity index (χ2n) is 8.61. The molecule has 3 aromatic carbocycles. The summed E-state index contributed by atoms with van der Waals surface area (Å²) in [5, 5.41) is 37.9. The Morgan fingerprint density at radius 2 is 1.91 bits per heavy atom. The Hall–Kier alpha value is -3.36. The Morgan fingerprint density at radius 3 is 2.62 bits per heavy atom. The van der Waals surface area contributed by atoms with Gasteiger partial charge in [-0.05, 0) is 54.8 Å². The van der Waals surface area contributed by atoms with Crippen LogP contribution in [0.2, 0.25) is 5.02 Å². The Kier molecular flexibility index (Phi) is 5.58. The quantitative estimate of drug-likeness (QED) is 0.242. The van der Waals surface area contributed by atoms with Gasteiger partial charge < -0.3 is 20.4 Å². The predicted octanol–water partition coefficient (Wildman–Crippen LogP) is 6.14. The monoisotopic (exact) mass is 477 g/mol. The number of rotatable bonds is 4. The number of halogens is 1. The topological polar surface area (TPSA) is 99.6 Å². The maximum Gasteiger partial charge on any atom is 0.534 e. The summed E-state index contributed by atoms with van der Waals surface area (Å²) in [6.07, 6.45) is -1.02. The molecule has 0 saturated heterocycles. The Bertz CT molecular complexity index is 1370. The minimum Gasteiger partial charge on any atom is -0.601 e. The molecule has 34 heavy (non-hydrogen) atoms. The van der Waals surface area contributed by atoms with E-state index in [1.54, 1.807) is 61.5 Å². The maximum atomic E-state index is 14.4. The third kappa shape index (κ3) is 3.54. The molecule has 1 aliphatic heterocycles. The summed E-state index contributed by atoms with van der Waals surface area (Å²) in [6, 6.07) is 19.5. The number of aromatic hydroxyl groups is 1. The Morgan fingerprint density at radius 1 is 1.15 bits per heavy atom. The van der Waals surface area contributed by atoms with Crippen LogP contribution < -0.4 is 0 Å². The fourth-order valence-corrected chi connectivity index (χ4v) is 5.21. The molecule has 3 atom stereocenters. The first kappa shape index (κ1) is 22.4. The molecule has 1 amide bonds. The van der Waals surface area contributed by atoms with Gasteiger partial charge in [0.05, 0.1) is 6.54 Å². The number of aromatic amines is 1. The summed E-state index contributed by atoms with van der Waals surface area (Å²) < 4.78 is -1.58. The van der Waals surface area contributed by atoms with Crippen LogP contribution in [0.4, 0.5) is 4.79 Å². The number of phenolic OH excluding ortho intramolecular Hbond substituents is 1. The van der Waals surface area contributed by atoms with E-state index < -0.39 is 22.9 Å². The van der Waals surface area contributed by atoms with Gasteiger partial charge in [-0.15, -0.1) is 5.01 Å². The van der Waals surface area contributed by atoms with Crippen molar-refractivity contribution in [1.29, 1.82) is 0 Å². The summed E-state index contributed by atoms with van der Waals surface area (Å²) >= 11 is 6.26. The van der Waals surface area contributed by atoms with Crippen LogP contribution in [0.3, 0.4) is 0 Å². The molecule has 4 aromatic rings. The first-order valence-corrected chi connectivity index (χ1v) is 11.4. The number of aromatic nitrogens is 1. The molecular formula is C26H24ClN3O4. The maximum absolute atomic E-state index is 14.4. The molecule has 8 heteroatoms. The smallest absolute Gasteiger partial charge is 0.534 e. The van der Waals surface area contributed by atoms with E-state index in [-0.39, 0.29) is 12.3 Å². The van der Waals surface area contributed by atoms with Crippen molar-refractivity contribution >= 4 is 28.6 Å². The van der Waals surface area contributed by atoms with Crippen LogP contribution in [0.1, 0.15) is 41.4 Å². The van der Waals surface area contributed by atoms with E-state index in [2.05, 4.69) is 4.98 Å². The molecule has 0 spiro atoms. The van der Waals surface area contributed by atoms with Gasteiger partial charge in [-0.2, -0.15) is 9.55 Å². The summed E-state index contributed by atoms with van der Waals surface area (Å²) in [7, 11) is 0. The fraction of sp³-hybridized carbons (Fsp3) is 0.192. The average molecular weight is 478 g/mol. The van der Waals surface area contributed by atoms with Crippen LogP contribution in [0.15, 0.2) is 72.8 Å². The van der Waals surface area contributed by atoms with E-state index in [0.717, 1.165) is 22.2 Å².